The van der Waals surface area contributed by atoms with Crippen LogP contribution in [0.5, 0.6) is 5.75 Å². The number of aryl methyl sites for hydroxylation is 1. The molecule has 0 saturated heterocycles. The molecule has 0 saturated carbocycles. The van der Waals surface area contributed by atoms with Crippen molar-refractivity contribution >= 4 is 0 Å². The lowest BCUT2D eigenvalue weighted by molar-refractivity contribution is -0.0337. The number of aliphatic hydroxyl groups is 1. The molecule has 106 valence electrons. The highest BCUT2D eigenvalue weighted by Gasteiger charge is 2.37. The number of rotatable bonds is 5. The minimum atomic E-state index is -0.613. The second-order valence-electron chi connectivity index (χ2n) is 5.60. The zero-order valence-electron chi connectivity index (χ0n) is 12.1. The number of methoxy groups -OCH3 is 2. The molecule has 1 aliphatic rings. The molecule has 0 amide bonds. The first-order valence-electron chi connectivity index (χ1n) is 6.96. The number of hydrogen-bond acceptors (Lipinski definition) is 3. The van der Waals surface area contributed by atoms with E-state index >= 15 is 0 Å². The molecule has 3 heteroatoms. The summed E-state index contributed by atoms with van der Waals surface area (Å²) in [4.78, 5) is 0. The Morgan fingerprint density at radius 1 is 1.32 bits per heavy atom. The molecule has 0 fully saturated rings. The van der Waals surface area contributed by atoms with E-state index in [1.165, 1.54) is 11.1 Å². The largest absolute Gasteiger partial charge is 0.497 e. The molecule has 0 aromatic heterocycles. The van der Waals surface area contributed by atoms with Gasteiger partial charge in [-0.3, -0.25) is 0 Å². The van der Waals surface area contributed by atoms with Gasteiger partial charge in [0.25, 0.3) is 0 Å². The molecule has 3 nitrogen and oxygen atoms in total. The Morgan fingerprint density at radius 2 is 2.11 bits per heavy atom. The topological polar surface area (TPSA) is 38.7 Å². The van der Waals surface area contributed by atoms with Gasteiger partial charge in [0.15, 0.2) is 0 Å². The van der Waals surface area contributed by atoms with Crippen LogP contribution in [0.2, 0.25) is 0 Å². The maximum atomic E-state index is 10.9. The van der Waals surface area contributed by atoms with Crippen molar-refractivity contribution in [3.8, 4) is 5.75 Å². The van der Waals surface area contributed by atoms with Crippen molar-refractivity contribution in [1.82, 2.24) is 0 Å². The molecule has 1 aromatic rings. The van der Waals surface area contributed by atoms with Crippen LogP contribution >= 0.6 is 0 Å². The zero-order valence-corrected chi connectivity index (χ0v) is 12.1. The van der Waals surface area contributed by atoms with Crippen molar-refractivity contribution in [3.05, 3.63) is 29.3 Å². The van der Waals surface area contributed by atoms with Gasteiger partial charge in [-0.25, -0.2) is 0 Å². The maximum absolute atomic E-state index is 10.9. The summed E-state index contributed by atoms with van der Waals surface area (Å²) in [5, 5.41) is 10.9. The van der Waals surface area contributed by atoms with Gasteiger partial charge in [0.1, 0.15) is 5.75 Å². The highest BCUT2D eigenvalue weighted by Crippen LogP contribution is 2.36. The third-order valence-electron chi connectivity index (χ3n) is 4.41. The third-order valence-corrected chi connectivity index (χ3v) is 4.41. The van der Waals surface area contributed by atoms with Crippen LogP contribution in [0.3, 0.4) is 0 Å². The van der Waals surface area contributed by atoms with Crippen LogP contribution in [0.15, 0.2) is 18.2 Å². The molecule has 0 radical (unpaired) electrons. The molecule has 0 heterocycles. The molecule has 0 spiro atoms. The minimum absolute atomic E-state index is 0.242. The predicted octanol–water partition coefficient (Wildman–Crippen LogP) is 2.59. The Bertz CT molecular complexity index is 430. The average Bonchev–Trinajstić information content (AvgIpc) is 2.43. The summed E-state index contributed by atoms with van der Waals surface area (Å²) in [5.74, 6) is 1.11. The van der Waals surface area contributed by atoms with E-state index in [4.69, 9.17) is 9.47 Å². The van der Waals surface area contributed by atoms with Crippen LogP contribution < -0.4 is 4.74 Å². The summed E-state index contributed by atoms with van der Waals surface area (Å²) in [5.41, 5.74) is 1.94. The van der Waals surface area contributed by atoms with Crippen molar-refractivity contribution in [2.75, 3.05) is 20.8 Å². The normalized spacial score (nSPS) is 23.8. The summed E-state index contributed by atoms with van der Waals surface area (Å²) < 4.78 is 10.4. The quantitative estimate of drug-likeness (QED) is 0.888. The van der Waals surface area contributed by atoms with Crippen LogP contribution in [-0.4, -0.2) is 31.5 Å². The van der Waals surface area contributed by atoms with Gasteiger partial charge < -0.3 is 14.6 Å². The molecule has 0 aliphatic heterocycles. The smallest absolute Gasteiger partial charge is 0.119 e. The fourth-order valence-corrected chi connectivity index (χ4v) is 2.89. The van der Waals surface area contributed by atoms with E-state index in [0.717, 1.165) is 25.0 Å². The highest BCUT2D eigenvalue weighted by atomic mass is 16.5. The molecule has 1 N–H and O–H groups in total. The van der Waals surface area contributed by atoms with Crippen molar-refractivity contribution < 1.29 is 14.6 Å². The van der Waals surface area contributed by atoms with Crippen LogP contribution in [0, 0.1) is 5.92 Å². The van der Waals surface area contributed by atoms with Gasteiger partial charge in [-0.05, 0) is 48.4 Å². The van der Waals surface area contributed by atoms with Crippen molar-refractivity contribution in [2.24, 2.45) is 5.92 Å². The van der Waals surface area contributed by atoms with Crippen LogP contribution in [0.4, 0.5) is 0 Å². The van der Waals surface area contributed by atoms with Gasteiger partial charge in [0.05, 0.1) is 12.7 Å². The number of hydrogen-bond donors (Lipinski definition) is 1. The Balaban J connectivity index is 2.15. The predicted molar refractivity (Wildman–Crippen MR) is 75.6 cm³/mol. The molecule has 19 heavy (non-hydrogen) atoms. The van der Waals surface area contributed by atoms with E-state index in [1.54, 1.807) is 14.2 Å². The summed E-state index contributed by atoms with van der Waals surface area (Å²) >= 11 is 0. The SMILES string of the molecule is COCCC(C)C1(O)CCc2ccc(OC)cc2C1. The summed E-state index contributed by atoms with van der Waals surface area (Å²) in [6, 6.07) is 6.17. The van der Waals surface area contributed by atoms with E-state index in [1.807, 2.05) is 6.07 Å². The van der Waals surface area contributed by atoms with Crippen molar-refractivity contribution in [2.45, 2.75) is 38.2 Å². The van der Waals surface area contributed by atoms with E-state index < -0.39 is 5.60 Å². The molecule has 1 aromatic carbocycles. The summed E-state index contributed by atoms with van der Waals surface area (Å²) in [6.07, 6.45) is 3.38. The number of ether oxygens (including phenoxy) is 2. The lowest BCUT2D eigenvalue weighted by Gasteiger charge is -2.38. The summed E-state index contributed by atoms with van der Waals surface area (Å²) in [6.45, 7) is 2.82. The van der Waals surface area contributed by atoms with Crippen molar-refractivity contribution in [3.63, 3.8) is 0 Å². The third kappa shape index (κ3) is 3.10. The molecular weight excluding hydrogens is 240 g/mol. The number of benzene rings is 1. The summed E-state index contributed by atoms with van der Waals surface area (Å²) in [7, 11) is 3.38. The van der Waals surface area contributed by atoms with Gasteiger partial charge in [-0.2, -0.15) is 0 Å². The minimum Gasteiger partial charge on any atom is -0.497 e. The van der Waals surface area contributed by atoms with Gasteiger partial charge in [-0.15, -0.1) is 0 Å². The molecule has 2 atom stereocenters. The van der Waals surface area contributed by atoms with Gasteiger partial charge in [-0.1, -0.05) is 13.0 Å². The highest BCUT2D eigenvalue weighted by molar-refractivity contribution is 5.38. The Morgan fingerprint density at radius 3 is 2.79 bits per heavy atom. The molecule has 1 aliphatic carbocycles. The fourth-order valence-electron chi connectivity index (χ4n) is 2.89. The molecule has 2 rings (SSSR count). The Hall–Kier alpha value is -1.06. The molecular formula is C16H24O3. The van der Waals surface area contributed by atoms with E-state index in [0.29, 0.717) is 13.0 Å². The zero-order chi connectivity index (χ0) is 13.9. The molecule has 2 unspecified atom stereocenters. The van der Waals surface area contributed by atoms with E-state index in [9.17, 15) is 5.11 Å². The van der Waals surface area contributed by atoms with Crippen molar-refractivity contribution in [1.29, 1.82) is 0 Å². The second-order valence-corrected chi connectivity index (χ2v) is 5.60. The first-order valence-corrected chi connectivity index (χ1v) is 6.96. The Labute approximate surface area is 115 Å². The monoisotopic (exact) mass is 264 g/mol. The maximum Gasteiger partial charge on any atom is 0.119 e. The van der Waals surface area contributed by atoms with E-state index in [2.05, 4.69) is 19.1 Å². The molecule has 0 bridgehead atoms. The van der Waals surface area contributed by atoms with E-state index in [-0.39, 0.29) is 5.92 Å². The number of fused-ring (bicyclic) bond motifs is 1. The van der Waals surface area contributed by atoms with Gasteiger partial charge in [0.2, 0.25) is 0 Å². The van der Waals surface area contributed by atoms with Gasteiger partial charge in [0, 0.05) is 20.1 Å². The van der Waals surface area contributed by atoms with Crippen LogP contribution in [0.1, 0.15) is 30.9 Å². The first-order chi connectivity index (χ1) is 9.09. The van der Waals surface area contributed by atoms with Gasteiger partial charge >= 0.3 is 0 Å². The van der Waals surface area contributed by atoms with Crippen LogP contribution in [-0.2, 0) is 17.6 Å². The fraction of sp³-hybridized carbons (Fsp3) is 0.625. The second kappa shape index (κ2) is 5.93. The average molecular weight is 264 g/mol. The Kier molecular flexibility index (Phi) is 4.48. The lowest BCUT2D eigenvalue weighted by atomic mass is 9.73. The first kappa shape index (κ1) is 14.4. The standard InChI is InChI=1S/C16H24O3/c1-12(7-9-18-2)16(17)8-6-13-4-5-15(19-3)10-14(13)11-16/h4-5,10,12,17H,6-9,11H2,1-3H3. The lowest BCUT2D eigenvalue weighted by Crippen LogP contribution is -2.42. The van der Waals surface area contributed by atoms with Crippen LogP contribution in [0.25, 0.3) is 0 Å².